The van der Waals surface area contributed by atoms with E-state index >= 15 is 0 Å². The van der Waals surface area contributed by atoms with Crippen LogP contribution in [0.3, 0.4) is 0 Å². The van der Waals surface area contributed by atoms with Crippen molar-refractivity contribution in [3.8, 4) is 0 Å². The molecule has 10 nitrogen and oxygen atoms in total. The molecule has 0 aromatic carbocycles. The number of esters is 1. The second-order valence-electron chi connectivity index (χ2n) is 14.8. The van der Waals surface area contributed by atoms with Gasteiger partial charge in [-0.15, -0.1) is 0 Å². The number of hydrogen-bond acceptors (Lipinski definition) is 8. The molecule has 0 aliphatic carbocycles. The predicted molar refractivity (Wildman–Crippen MR) is 235 cm³/mol. The third kappa shape index (κ3) is 41.6. The standard InChI is InChI=1S/C46H82NO9P/c1-3-5-7-9-11-13-15-17-18-19-20-21-22-23-24-25-27-29-31-33-35-37-39-53-40-43(41-54-57(51,52)55-42-44(47)46(49)50)56-45(48)38-36-34-32-30-28-26-16-14-12-10-8-6-4-2/h6,8,12,14,19-20,26,28,32,34,43-44H,3-5,7,9-11,13,15-18,21-25,27,29-31,33,35-42,47H2,1-2H3,(H,49,50)(H,51,52)/b8-6-,14-12-,20-19-,28-26-,34-32-. The van der Waals surface area contributed by atoms with Gasteiger partial charge in [-0.2, -0.15) is 0 Å². The van der Waals surface area contributed by atoms with Crippen molar-refractivity contribution in [2.24, 2.45) is 5.73 Å². The number of carboxylic acid groups (broad SMARTS) is 1. The number of phosphoric acid groups is 1. The molecule has 0 amide bonds. The first-order valence-corrected chi connectivity index (χ1v) is 23.8. The van der Waals surface area contributed by atoms with Crippen LogP contribution in [0.5, 0.6) is 0 Å². The second kappa shape index (κ2) is 41.8. The van der Waals surface area contributed by atoms with E-state index in [1.165, 1.54) is 109 Å². The normalized spacial score (nSPS) is 14.5. The van der Waals surface area contributed by atoms with Crippen molar-refractivity contribution in [3.05, 3.63) is 60.8 Å². The van der Waals surface area contributed by atoms with E-state index in [4.69, 9.17) is 29.4 Å². The Bertz CT molecular complexity index is 1140. The average molecular weight is 824 g/mol. The monoisotopic (exact) mass is 824 g/mol. The summed E-state index contributed by atoms with van der Waals surface area (Å²) in [6.45, 7) is 3.67. The van der Waals surface area contributed by atoms with Crippen LogP contribution < -0.4 is 5.73 Å². The van der Waals surface area contributed by atoms with Crippen molar-refractivity contribution < 1.29 is 42.7 Å². The Morgan fingerprint density at radius 3 is 1.53 bits per heavy atom. The summed E-state index contributed by atoms with van der Waals surface area (Å²) in [5.74, 6) is -1.87. The number of unbranched alkanes of at least 4 members (excludes halogenated alkanes) is 18. The third-order valence-corrected chi connectivity index (χ3v) is 10.2. The molecule has 0 saturated heterocycles. The highest BCUT2D eigenvalue weighted by Gasteiger charge is 2.27. The number of carbonyl (C=O) groups excluding carboxylic acids is 1. The summed E-state index contributed by atoms with van der Waals surface area (Å²) in [4.78, 5) is 33.5. The van der Waals surface area contributed by atoms with Gasteiger partial charge in [-0.05, 0) is 64.2 Å². The van der Waals surface area contributed by atoms with Crippen LogP contribution in [0.25, 0.3) is 0 Å². The van der Waals surface area contributed by atoms with Gasteiger partial charge in [-0.25, -0.2) is 4.57 Å². The highest BCUT2D eigenvalue weighted by molar-refractivity contribution is 7.47. The number of carboxylic acids is 1. The Balaban J connectivity index is 4.22. The molecule has 0 rings (SSSR count). The Morgan fingerprint density at radius 1 is 0.579 bits per heavy atom. The summed E-state index contributed by atoms with van der Waals surface area (Å²) in [7, 11) is -4.64. The molecule has 0 radical (unpaired) electrons. The smallest absolute Gasteiger partial charge is 0.472 e. The summed E-state index contributed by atoms with van der Waals surface area (Å²) in [6, 6.07) is -1.49. The van der Waals surface area contributed by atoms with Crippen LogP contribution in [0.4, 0.5) is 0 Å². The minimum Gasteiger partial charge on any atom is -0.480 e. The van der Waals surface area contributed by atoms with Gasteiger partial charge in [0.25, 0.3) is 0 Å². The largest absolute Gasteiger partial charge is 0.480 e. The molecule has 57 heavy (non-hydrogen) atoms. The number of rotatable bonds is 42. The zero-order valence-corrected chi connectivity index (χ0v) is 36.8. The van der Waals surface area contributed by atoms with Crippen LogP contribution in [0.2, 0.25) is 0 Å². The topological polar surface area (TPSA) is 155 Å². The Kier molecular flexibility index (Phi) is 40.1. The lowest BCUT2D eigenvalue weighted by Gasteiger charge is -2.20. The molecule has 0 aliphatic heterocycles. The first-order valence-electron chi connectivity index (χ1n) is 22.3. The lowest BCUT2D eigenvalue weighted by molar-refractivity contribution is -0.154. The molecule has 330 valence electrons. The van der Waals surface area contributed by atoms with Gasteiger partial charge in [0.05, 0.1) is 19.8 Å². The number of aliphatic carboxylic acids is 1. The van der Waals surface area contributed by atoms with Crippen molar-refractivity contribution in [3.63, 3.8) is 0 Å². The maximum atomic E-state index is 12.6. The number of hydrogen-bond donors (Lipinski definition) is 3. The average Bonchev–Trinajstić information content (AvgIpc) is 3.19. The number of phosphoric ester groups is 1. The van der Waals surface area contributed by atoms with Crippen LogP contribution >= 0.6 is 7.82 Å². The molecule has 3 atom stereocenters. The molecular weight excluding hydrogens is 741 g/mol. The number of nitrogens with two attached hydrogens (primary N) is 1. The van der Waals surface area contributed by atoms with Gasteiger partial charge in [0.2, 0.25) is 0 Å². The van der Waals surface area contributed by atoms with Crippen molar-refractivity contribution in [2.45, 2.75) is 193 Å². The third-order valence-electron chi connectivity index (χ3n) is 9.29. The molecule has 0 aromatic heterocycles. The van der Waals surface area contributed by atoms with E-state index in [0.717, 1.165) is 44.9 Å². The Hall–Kier alpha value is -2.33. The molecule has 0 aromatic rings. The fraction of sp³-hybridized carbons (Fsp3) is 0.739. The molecule has 0 spiro atoms. The van der Waals surface area contributed by atoms with Gasteiger partial charge in [0.15, 0.2) is 0 Å². The van der Waals surface area contributed by atoms with E-state index in [0.29, 0.717) is 13.0 Å². The van der Waals surface area contributed by atoms with Crippen LogP contribution in [0, 0.1) is 0 Å². The maximum Gasteiger partial charge on any atom is 0.472 e. The quantitative estimate of drug-likeness (QED) is 0.0234. The molecule has 11 heteroatoms. The first kappa shape index (κ1) is 54.7. The van der Waals surface area contributed by atoms with E-state index in [-0.39, 0.29) is 13.0 Å². The van der Waals surface area contributed by atoms with Crippen LogP contribution in [-0.2, 0) is 32.7 Å². The number of allylic oxidation sites excluding steroid dienone is 10. The summed E-state index contributed by atoms with van der Waals surface area (Å²) in [5, 5.41) is 8.89. The van der Waals surface area contributed by atoms with Gasteiger partial charge < -0.3 is 25.2 Å². The van der Waals surface area contributed by atoms with Crippen molar-refractivity contribution in [1.29, 1.82) is 0 Å². The van der Waals surface area contributed by atoms with Crippen LogP contribution in [-0.4, -0.2) is 60.5 Å². The molecule has 4 N–H and O–H groups in total. The zero-order chi connectivity index (χ0) is 41.9. The fourth-order valence-corrected chi connectivity index (χ4v) is 6.63. The van der Waals surface area contributed by atoms with Crippen molar-refractivity contribution in [2.75, 3.05) is 26.4 Å². The van der Waals surface area contributed by atoms with Crippen molar-refractivity contribution in [1.82, 2.24) is 0 Å². The van der Waals surface area contributed by atoms with Crippen LogP contribution in [0.1, 0.15) is 181 Å². The Labute approximate surface area is 347 Å². The van der Waals surface area contributed by atoms with Gasteiger partial charge >= 0.3 is 19.8 Å². The minimum absolute atomic E-state index is 0.0145. The summed E-state index contributed by atoms with van der Waals surface area (Å²) >= 11 is 0. The highest BCUT2D eigenvalue weighted by Crippen LogP contribution is 2.43. The molecule has 0 saturated carbocycles. The van der Waals surface area contributed by atoms with Gasteiger partial charge in [0, 0.05) is 13.0 Å². The zero-order valence-electron chi connectivity index (χ0n) is 35.9. The highest BCUT2D eigenvalue weighted by atomic mass is 31.2. The van der Waals surface area contributed by atoms with E-state index in [2.05, 4.69) is 62.5 Å². The summed E-state index contributed by atoms with van der Waals surface area (Å²) < 4.78 is 33.2. The van der Waals surface area contributed by atoms with Crippen LogP contribution in [0.15, 0.2) is 60.8 Å². The number of carbonyl (C=O) groups is 2. The molecule has 0 heterocycles. The molecular formula is C46H82NO9P. The lowest BCUT2D eigenvalue weighted by Crippen LogP contribution is -2.34. The van der Waals surface area contributed by atoms with E-state index in [1.807, 2.05) is 12.2 Å². The van der Waals surface area contributed by atoms with Gasteiger partial charge in [-0.1, -0.05) is 171 Å². The molecule has 0 bridgehead atoms. The Morgan fingerprint density at radius 2 is 1.02 bits per heavy atom. The predicted octanol–water partition coefficient (Wildman–Crippen LogP) is 12.4. The van der Waals surface area contributed by atoms with Gasteiger partial charge in [0.1, 0.15) is 12.1 Å². The first-order chi connectivity index (χ1) is 27.7. The molecule has 0 aliphatic rings. The fourth-order valence-electron chi connectivity index (χ4n) is 5.85. The van der Waals surface area contributed by atoms with E-state index in [9.17, 15) is 19.0 Å². The molecule has 0 fully saturated rings. The lowest BCUT2D eigenvalue weighted by atomic mass is 10.1. The maximum absolute atomic E-state index is 12.6. The molecule has 3 unspecified atom stereocenters. The number of ether oxygens (including phenoxy) is 2. The SMILES string of the molecule is CC/C=C\C/C=C\C/C=C\C/C=C\CCC(=O)OC(COCCCCCCCCCCCC/C=C\CCCCCCCCCC)COP(=O)(O)OCC(N)C(=O)O. The van der Waals surface area contributed by atoms with Gasteiger partial charge in [-0.3, -0.25) is 18.6 Å². The summed E-state index contributed by atoms with van der Waals surface area (Å²) in [6.07, 6.45) is 50.2. The second-order valence-corrected chi connectivity index (χ2v) is 16.2. The minimum atomic E-state index is -4.64. The van der Waals surface area contributed by atoms with E-state index in [1.54, 1.807) is 0 Å². The van der Waals surface area contributed by atoms with E-state index < -0.39 is 45.1 Å². The summed E-state index contributed by atoms with van der Waals surface area (Å²) in [5.41, 5.74) is 5.35. The van der Waals surface area contributed by atoms with Crippen molar-refractivity contribution >= 4 is 19.8 Å².